The average Bonchev–Trinajstić information content (AvgIpc) is 2.85. The van der Waals surface area contributed by atoms with Crippen LogP contribution in [-0.2, 0) is 9.53 Å². The summed E-state index contributed by atoms with van der Waals surface area (Å²) in [6, 6.07) is 3.76. The normalized spacial score (nSPS) is 24.9. The smallest absolute Gasteiger partial charge is 0.311 e. The summed E-state index contributed by atoms with van der Waals surface area (Å²) < 4.78 is 10.8. The zero-order valence-electron chi connectivity index (χ0n) is 10.5. The molecule has 2 atom stereocenters. The Kier molecular flexibility index (Phi) is 3.24. The second kappa shape index (κ2) is 4.53. The molecule has 1 aliphatic heterocycles. The maximum atomic E-state index is 12.1. The molecule has 2 rings (SSSR count). The molecule has 0 aliphatic carbocycles. The lowest BCUT2D eigenvalue weighted by Gasteiger charge is -2.23. The highest BCUT2D eigenvalue weighted by atomic mass is 16.6. The van der Waals surface area contributed by atoms with Crippen molar-refractivity contribution in [2.24, 2.45) is 5.92 Å². The number of ether oxygens (including phenoxy) is 1. The van der Waals surface area contributed by atoms with Gasteiger partial charge >= 0.3 is 5.97 Å². The largest absolute Gasteiger partial charge is 0.469 e. The summed E-state index contributed by atoms with van der Waals surface area (Å²) in [5.41, 5.74) is -0.437. The van der Waals surface area contributed by atoms with Crippen LogP contribution < -0.4 is 5.32 Å². The molecule has 1 N–H and O–H groups in total. The van der Waals surface area contributed by atoms with Crippen molar-refractivity contribution >= 4 is 5.97 Å². The van der Waals surface area contributed by atoms with Crippen molar-refractivity contribution in [3.63, 3.8) is 0 Å². The third-order valence-electron chi connectivity index (χ3n) is 2.83. The standard InChI is InChI=1S/C13H19NO3/c1-13(2,3)17-12(15)10-8-14-7-9(10)11-5-4-6-16-11/h4-6,9-10,14H,7-8H2,1-3H3. The molecule has 4 nitrogen and oxygen atoms in total. The summed E-state index contributed by atoms with van der Waals surface area (Å²) in [5.74, 6) is 0.634. The summed E-state index contributed by atoms with van der Waals surface area (Å²) in [4.78, 5) is 12.1. The van der Waals surface area contributed by atoms with E-state index in [1.165, 1.54) is 0 Å². The van der Waals surface area contributed by atoms with Crippen LogP contribution in [0.4, 0.5) is 0 Å². The van der Waals surface area contributed by atoms with Gasteiger partial charge in [0.25, 0.3) is 0 Å². The summed E-state index contributed by atoms with van der Waals surface area (Å²) in [6.45, 7) is 7.07. The molecular weight excluding hydrogens is 218 g/mol. The van der Waals surface area contributed by atoms with Crippen LogP contribution in [0.3, 0.4) is 0 Å². The third-order valence-corrected chi connectivity index (χ3v) is 2.83. The van der Waals surface area contributed by atoms with Gasteiger partial charge in [0, 0.05) is 19.0 Å². The first kappa shape index (κ1) is 12.2. The molecule has 0 amide bonds. The van der Waals surface area contributed by atoms with Crippen molar-refractivity contribution in [2.75, 3.05) is 13.1 Å². The van der Waals surface area contributed by atoms with E-state index in [2.05, 4.69) is 5.32 Å². The molecule has 0 bridgehead atoms. The Morgan fingerprint density at radius 2 is 2.24 bits per heavy atom. The van der Waals surface area contributed by atoms with E-state index in [0.29, 0.717) is 6.54 Å². The fourth-order valence-corrected chi connectivity index (χ4v) is 2.11. The van der Waals surface area contributed by atoms with Crippen molar-refractivity contribution in [3.05, 3.63) is 24.2 Å². The molecule has 1 fully saturated rings. The van der Waals surface area contributed by atoms with E-state index in [9.17, 15) is 4.79 Å². The predicted octanol–water partition coefficient (Wildman–Crippen LogP) is 1.92. The van der Waals surface area contributed by atoms with Crippen molar-refractivity contribution in [1.29, 1.82) is 0 Å². The number of carbonyl (C=O) groups is 1. The fraction of sp³-hybridized carbons (Fsp3) is 0.615. The molecule has 2 unspecified atom stereocenters. The second-order valence-corrected chi connectivity index (χ2v) is 5.42. The zero-order chi connectivity index (χ0) is 12.5. The Morgan fingerprint density at radius 1 is 1.47 bits per heavy atom. The minimum Gasteiger partial charge on any atom is -0.469 e. The first-order valence-corrected chi connectivity index (χ1v) is 5.94. The number of hydrogen-bond acceptors (Lipinski definition) is 4. The average molecular weight is 237 g/mol. The van der Waals surface area contributed by atoms with E-state index in [1.807, 2.05) is 32.9 Å². The van der Waals surface area contributed by atoms with Crippen LogP contribution in [0.1, 0.15) is 32.4 Å². The second-order valence-electron chi connectivity index (χ2n) is 5.42. The molecule has 4 heteroatoms. The highest BCUT2D eigenvalue weighted by molar-refractivity contribution is 5.74. The molecule has 1 aromatic heterocycles. The Hall–Kier alpha value is -1.29. The van der Waals surface area contributed by atoms with E-state index >= 15 is 0 Å². The van der Waals surface area contributed by atoms with Gasteiger partial charge in [-0.05, 0) is 32.9 Å². The number of rotatable bonds is 2. The summed E-state index contributed by atoms with van der Waals surface area (Å²) in [5, 5.41) is 3.22. The monoisotopic (exact) mass is 237 g/mol. The number of hydrogen-bond donors (Lipinski definition) is 1. The summed E-state index contributed by atoms with van der Waals surface area (Å²) >= 11 is 0. The van der Waals surface area contributed by atoms with Crippen LogP contribution in [0.5, 0.6) is 0 Å². The maximum Gasteiger partial charge on any atom is 0.311 e. The fourth-order valence-electron chi connectivity index (χ4n) is 2.11. The van der Waals surface area contributed by atoms with Gasteiger partial charge in [-0.3, -0.25) is 4.79 Å². The summed E-state index contributed by atoms with van der Waals surface area (Å²) in [6.07, 6.45) is 1.64. The van der Waals surface area contributed by atoms with Crippen molar-refractivity contribution < 1.29 is 13.9 Å². The Morgan fingerprint density at radius 3 is 2.82 bits per heavy atom. The first-order chi connectivity index (χ1) is 7.97. The number of nitrogens with one attached hydrogen (secondary N) is 1. The Labute approximate surface area is 101 Å². The van der Waals surface area contributed by atoms with E-state index in [1.54, 1.807) is 6.26 Å². The van der Waals surface area contributed by atoms with Crippen LogP contribution in [0.2, 0.25) is 0 Å². The third kappa shape index (κ3) is 2.88. The van der Waals surface area contributed by atoms with Gasteiger partial charge in [0.05, 0.1) is 12.2 Å². The van der Waals surface area contributed by atoms with Gasteiger partial charge in [0.2, 0.25) is 0 Å². The molecule has 0 saturated carbocycles. The molecule has 17 heavy (non-hydrogen) atoms. The van der Waals surface area contributed by atoms with Gasteiger partial charge in [-0.2, -0.15) is 0 Å². The molecule has 2 heterocycles. The maximum absolute atomic E-state index is 12.1. The molecule has 0 aromatic carbocycles. The SMILES string of the molecule is CC(C)(C)OC(=O)C1CNCC1c1ccco1. The van der Waals surface area contributed by atoms with Crippen LogP contribution >= 0.6 is 0 Å². The minimum absolute atomic E-state index is 0.0832. The van der Waals surface area contributed by atoms with Gasteiger partial charge in [-0.15, -0.1) is 0 Å². The Balaban J connectivity index is 2.07. The molecule has 0 spiro atoms. The predicted molar refractivity (Wildman–Crippen MR) is 63.7 cm³/mol. The summed E-state index contributed by atoms with van der Waals surface area (Å²) in [7, 11) is 0. The lowest BCUT2D eigenvalue weighted by atomic mass is 9.93. The van der Waals surface area contributed by atoms with Crippen molar-refractivity contribution in [1.82, 2.24) is 5.32 Å². The number of esters is 1. The number of carbonyl (C=O) groups excluding carboxylic acids is 1. The molecule has 1 aromatic rings. The van der Waals surface area contributed by atoms with E-state index in [0.717, 1.165) is 12.3 Å². The van der Waals surface area contributed by atoms with Crippen molar-refractivity contribution in [2.45, 2.75) is 32.3 Å². The van der Waals surface area contributed by atoms with Crippen LogP contribution in [-0.4, -0.2) is 24.7 Å². The van der Waals surface area contributed by atoms with E-state index < -0.39 is 5.60 Å². The molecular formula is C13H19NO3. The van der Waals surface area contributed by atoms with Crippen LogP contribution in [0, 0.1) is 5.92 Å². The van der Waals surface area contributed by atoms with Crippen molar-refractivity contribution in [3.8, 4) is 0 Å². The van der Waals surface area contributed by atoms with E-state index in [4.69, 9.17) is 9.15 Å². The highest BCUT2D eigenvalue weighted by Crippen LogP contribution is 2.30. The quantitative estimate of drug-likeness (QED) is 0.798. The van der Waals surface area contributed by atoms with Gasteiger partial charge < -0.3 is 14.5 Å². The topological polar surface area (TPSA) is 51.5 Å². The first-order valence-electron chi connectivity index (χ1n) is 5.94. The van der Waals surface area contributed by atoms with Crippen LogP contribution in [0.15, 0.2) is 22.8 Å². The van der Waals surface area contributed by atoms with Gasteiger partial charge in [-0.25, -0.2) is 0 Å². The minimum atomic E-state index is -0.437. The van der Waals surface area contributed by atoms with E-state index in [-0.39, 0.29) is 17.8 Å². The lowest BCUT2D eigenvalue weighted by Crippen LogP contribution is -2.31. The number of furan rings is 1. The lowest BCUT2D eigenvalue weighted by molar-refractivity contribution is -0.159. The molecule has 0 radical (unpaired) electrons. The molecule has 94 valence electrons. The zero-order valence-corrected chi connectivity index (χ0v) is 10.5. The molecule has 1 saturated heterocycles. The van der Waals surface area contributed by atoms with Gasteiger partial charge in [0.15, 0.2) is 0 Å². The van der Waals surface area contributed by atoms with Gasteiger partial charge in [0.1, 0.15) is 11.4 Å². The highest BCUT2D eigenvalue weighted by Gasteiger charge is 2.38. The Bertz CT molecular complexity index is 378. The molecule has 1 aliphatic rings. The van der Waals surface area contributed by atoms with Crippen LogP contribution in [0.25, 0.3) is 0 Å². The van der Waals surface area contributed by atoms with Gasteiger partial charge in [-0.1, -0.05) is 0 Å².